The Hall–Kier alpha value is -2.78. The smallest absolute Gasteiger partial charge is 0.243 e. The van der Waals surface area contributed by atoms with Crippen LogP contribution in [0.5, 0.6) is 0 Å². The van der Waals surface area contributed by atoms with Gasteiger partial charge in [0.2, 0.25) is 21.8 Å². The molecular weight excluding hydrogens is 421 g/mol. The van der Waals surface area contributed by atoms with Crippen LogP contribution in [0.2, 0.25) is 0 Å². The van der Waals surface area contributed by atoms with E-state index in [0.29, 0.717) is 50.0 Å². The number of amides is 2. The number of benzene rings is 2. The Kier molecular flexibility index (Phi) is 6.06. The minimum Gasteiger partial charge on any atom is -0.326 e. The number of anilines is 2. The maximum absolute atomic E-state index is 13.3. The van der Waals surface area contributed by atoms with E-state index in [-0.39, 0.29) is 23.3 Å². The molecule has 0 radical (unpaired) electrons. The molecule has 164 valence electrons. The van der Waals surface area contributed by atoms with Crippen LogP contribution in [0.1, 0.15) is 31.2 Å². The highest BCUT2D eigenvalue weighted by molar-refractivity contribution is 7.89. The van der Waals surface area contributed by atoms with Gasteiger partial charge in [-0.05, 0) is 73.7 Å². The van der Waals surface area contributed by atoms with E-state index in [1.54, 1.807) is 12.1 Å². The zero-order valence-corrected chi connectivity index (χ0v) is 17.8. The molecule has 0 spiro atoms. The molecular formula is C22H24FN3O4S. The van der Waals surface area contributed by atoms with Crippen LogP contribution >= 0.6 is 0 Å². The van der Waals surface area contributed by atoms with Crippen molar-refractivity contribution in [1.82, 2.24) is 4.31 Å². The van der Waals surface area contributed by atoms with E-state index in [1.807, 2.05) is 0 Å². The zero-order chi connectivity index (χ0) is 22.0. The molecule has 0 unspecified atom stereocenters. The van der Waals surface area contributed by atoms with Gasteiger partial charge in [-0.3, -0.25) is 9.59 Å². The summed E-state index contributed by atoms with van der Waals surface area (Å²) in [4.78, 5) is 24.6. The topological polar surface area (TPSA) is 95.6 Å². The molecule has 1 saturated heterocycles. The molecule has 2 N–H and O–H groups in total. The first-order chi connectivity index (χ1) is 14.8. The fourth-order valence-corrected chi connectivity index (χ4v) is 5.59. The van der Waals surface area contributed by atoms with Crippen LogP contribution < -0.4 is 10.6 Å². The number of nitrogens with one attached hydrogen (secondary N) is 2. The number of aryl methyl sites for hydroxylation is 1. The van der Waals surface area contributed by atoms with Crippen molar-refractivity contribution in [2.45, 2.75) is 37.0 Å². The number of carbonyl (C=O) groups is 2. The first kappa shape index (κ1) is 21.5. The summed E-state index contributed by atoms with van der Waals surface area (Å²) in [6.45, 7) is 0.430. The van der Waals surface area contributed by atoms with E-state index in [2.05, 4.69) is 10.6 Å². The summed E-state index contributed by atoms with van der Waals surface area (Å²) in [7, 11) is -3.77. The third kappa shape index (κ3) is 4.77. The Bertz CT molecular complexity index is 1100. The van der Waals surface area contributed by atoms with Gasteiger partial charge in [-0.2, -0.15) is 4.31 Å². The number of halogens is 1. The van der Waals surface area contributed by atoms with Crippen molar-refractivity contribution in [3.8, 4) is 0 Å². The largest absolute Gasteiger partial charge is 0.326 e. The number of fused-ring (bicyclic) bond motifs is 1. The third-order valence-corrected chi connectivity index (χ3v) is 7.57. The second-order valence-electron chi connectivity index (χ2n) is 7.92. The summed E-state index contributed by atoms with van der Waals surface area (Å²) in [6.07, 6.45) is 2.85. The quantitative estimate of drug-likeness (QED) is 0.756. The van der Waals surface area contributed by atoms with Crippen molar-refractivity contribution >= 4 is 33.2 Å². The molecule has 2 aromatic rings. The lowest BCUT2D eigenvalue weighted by Gasteiger charge is -2.31. The summed E-state index contributed by atoms with van der Waals surface area (Å²) < 4.78 is 40.9. The Morgan fingerprint density at radius 3 is 2.65 bits per heavy atom. The van der Waals surface area contributed by atoms with Gasteiger partial charge in [-0.15, -0.1) is 0 Å². The van der Waals surface area contributed by atoms with Crippen molar-refractivity contribution in [2.24, 2.45) is 5.92 Å². The van der Waals surface area contributed by atoms with Gasteiger partial charge in [0.1, 0.15) is 5.82 Å². The molecule has 2 heterocycles. The van der Waals surface area contributed by atoms with Crippen LogP contribution in [0.25, 0.3) is 0 Å². The number of piperidine rings is 1. The number of hydrogen-bond donors (Lipinski definition) is 2. The maximum atomic E-state index is 13.3. The summed E-state index contributed by atoms with van der Waals surface area (Å²) in [5, 5.41) is 5.54. The average Bonchev–Trinajstić information content (AvgIpc) is 2.95. The lowest BCUT2D eigenvalue weighted by molar-refractivity contribution is -0.121. The fourth-order valence-electron chi connectivity index (χ4n) is 4.01. The van der Waals surface area contributed by atoms with Gasteiger partial charge in [0.05, 0.1) is 10.8 Å². The fraction of sp³-hybridized carbons (Fsp3) is 0.364. The SMILES string of the molecule is O=C1CCCc2cc(S(=O)(=O)N3CCC[C@H](C(=O)Nc4ccc(F)cc4)C3)ccc2N1. The predicted molar refractivity (Wildman–Crippen MR) is 115 cm³/mol. The van der Waals surface area contributed by atoms with Gasteiger partial charge in [0.25, 0.3) is 0 Å². The van der Waals surface area contributed by atoms with E-state index in [0.717, 1.165) is 5.56 Å². The highest BCUT2D eigenvalue weighted by Crippen LogP contribution is 2.29. The van der Waals surface area contributed by atoms with Crippen molar-refractivity contribution in [3.63, 3.8) is 0 Å². The van der Waals surface area contributed by atoms with E-state index >= 15 is 0 Å². The summed E-state index contributed by atoms with van der Waals surface area (Å²) in [5.41, 5.74) is 1.92. The molecule has 0 bridgehead atoms. The third-order valence-electron chi connectivity index (χ3n) is 5.71. The lowest BCUT2D eigenvalue weighted by atomic mass is 9.99. The molecule has 1 fully saturated rings. The maximum Gasteiger partial charge on any atom is 0.243 e. The van der Waals surface area contributed by atoms with Crippen LogP contribution in [0, 0.1) is 11.7 Å². The molecule has 0 saturated carbocycles. The predicted octanol–water partition coefficient (Wildman–Crippen LogP) is 3.14. The van der Waals surface area contributed by atoms with Crippen molar-refractivity contribution in [3.05, 3.63) is 53.8 Å². The van der Waals surface area contributed by atoms with Gasteiger partial charge in [-0.25, -0.2) is 12.8 Å². The monoisotopic (exact) mass is 445 g/mol. The molecule has 2 aromatic carbocycles. The minimum absolute atomic E-state index is 0.0691. The van der Waals surface area contributed by atoms with Gasteiger partial charge in [0, 0.05) is 30.9 Å². The minimum atomic E-state index is -3.77. The summed E-state index contributed by atoms with van der Waals surface area (Å²) in [6, 6.07) is 10.2. The molecule has 0 aromatic heterocycles. The Balaban J connectivity index is 1.49. The van der Waals surface area contributed by atoms with Crippen LogP contribution in [-0.4, -0.2) is 37.6 Å². The van der Waals surface area contributed by atoms with E-state index in [9.17, 15) is 22.4 Å². The Labute approximate surface area is 180 Å². The standard InChI is InChI=1S/C22H24FN3O4S/c23-17-6-8-18(9-7-17)24-22(28)16-4-2-12-26(14-16)31(29,30)19-10-11-20-15(13-19)3-1-5-21(27)25-20/h6-11,13,16H,1-5,12,14H2,(H,24,28)(H,25,27)/t16-/m0/s1. The van der Waals surface area contributed by atoms with Crippen LogP contribution in [0.4, 0.5) is 15.8 Å². The molecule has 0 aliphatic carbocycles. The first-order valence-corrected chi connectivity index (χ1v) is 11.8. The second-order valence-corrected chi connectivity index (χ2v) is 9.86. The number of nitrogens with zero attached hydrogens (tertiary/aromatic N) is 1. The lowest BCUT2D eigenvalue weighted by Crippen LogP contribution is -2.43. The number of rotatable bonds is 4. The molecule has 31 heavy (non-hydrogen) atoms. The highest BCUT2D eigenvalue weighted by atomic mass is 32.2. The molecule has 1 atom stereocenters. The second kappa shape index (κ2) is 8.76. The van der Waals surface area contributed by atoms with Crippen molar-refractivity contribution in [1.29, 1.82) is 0 Å². The molecule has 2 aliphatic rings. The highest BCUT2D eigenvalue weighted by Gasteiger charge is 2.33. The van der Waals surface area contributed by atoms with Crippen LogP contribution in [0.3, 0.4) is 0 Å². The number of sulfonamides is 1. The van der Waals surface area contributed by atoms with Gasteiger partial charge in [0.15, 0.2) is 0 Å². The normalized spacial score (nSPS) is 19.8. The van der Waals surface area contributed by atoms with Gasteiger partial charge >= 0.3 is 0 Å². The van der Waals surface area contributed by atoms with E-state index in [4.69, 9.17) is 0 Å². The molecule has 2 aliphatic heterocycles. The molecule has 2 amide bonds. The van der Waals surface area contributed by atoms with E-state index in [1.165, 1.54) is 34.6 Å². The zero-order valence-electron chi connectivity index (χ0n) is 16.9. The molecule has 4 rings (SSSR count). The van der Waals surface area contributed by atoms with Crippen LogP contribution in [0.15, 0.2) is 47.4 Å². The van der Waals surface area contributed by atoms with E-state index < -0.39 is 21.8 Å². The van der Waals surface area contributed by atoms with Gasteiger partial charge < -0.3 is 10.6 Å². The van der Waals surface area contributed by atoms with Crippen molar-refractivity contribution in [2.75, 3.05) is 23.7 Å². The summed E-state index contributed by atoms with van der Waals surface area (Å²) >= 11 is 0. The summed E-state index contributed by atoms with van der Waals surface area (Å²) in [5.74, 6) is -1.24. The van der Waals surface area contributed by atoms with Crippen LogP contribution in [-0.2, 0) is 26.0 Å². The average molecular weight is 446 g/mol. The number of hydrogen-bond acceptors (Lipinski definition) is 4. The Morgan fingerprint density at radius 1 is 1.10 bits per heavy atom. The molecule has 9 heteroatoms. The first-order valence-electron chi connectivity index (χ1n) is 10.3. The number of carbonyl (C=O) groups excluding carboxylic acids is 2. The van der Waals surface area contributed by atoms with Crippen molar-refractivity contribution < 1.29 is 22.4 Å². The molecule has 7 nitrogen and oxygen atoms in total. The Morgan fingerprint density at radius 2 is 1.87 bits per heavy atom. The van der Waals surface area contributed by atoms with Gasteiger partial charge in [-0.1, -0.05) is 0 Å².